The van der Waals surface area contributed by atoms with Gasteiger partial charge in [-0.1, -0.05) is 29.3 Å². The van der Waals surface area contributed by atoms with Gasteiger partial charge in [0.1, 0.15) is 0 Å². The summed E-state index contributed by atoms with van der Waals surface area (Å²) in [5.74, 6) is 0. The summed E-state index contributed by atoms with van der Waals surface area (Å²) in [4.78, 5) is 4.93. The van der Waals surface area contributed by atoms with Gasteiger partial charge in [0.2, 0.25) is 0 Å². The van der Waals surface area contributed by atoms with Crippen LogP contribution in [0.4, 0.5) is 11.4 Å². The van der Waals surface area contributed by atoms with Crippen LogP contribution in [0.2, 0.25) is 10.0 Å². The third-order valence-corrected chi connectivity index (χ3v) is 6.34. The average Bonchev–Trinajstić information content (AvgIpc) is 3.07. The van der Waals surface area contributed by atoms with Crippen LogP contribution in [0.5, 0.6) is 0 Å². The van der Waals surface area contributed by atoms with Crippen molar-refractivity contribution in [1.82, 2.24) is 15.1 Å². The Kier molecular flexibility index (Phi) is 6.80. The minimum absolute atomic E-state index is 0.629. The van der Waals surface area contributed by atoms with Crippen LogP contribution in [0.3, 0.4) is 0 Å². The standard InChI is InChI=1S/C22H27Cl2N5/c23-19-5-3-6-21(22(19)24)29-12-4-11-28(13-14-29)10-2-1-9-25-18-8-7-17-16-26-27-20(17)15-18/h3,5-8,15-16,25H,1-2,4,9-14H2,(H,26,27). The highest BCUT2D eigenvalue weighted by molar-refractivity contribution is 6.43. The van der Waals surface area contributed by atoms with E-state index < -0.39 is 0 Å². The summed E-state index contributed by atoms with van der Waals surface area (Å²) < 4.78 is 0. The van der Waals surface area contributed by atoms with E-state index in [1.165, 1.54) is 6.42 Å². The van der Waals surface area contributed by atoms with E-state index in [2.05, 4.69) is 49.6 Å². The highest BCUT2D eigenvalue weighted by Gasteiger charge is 2.17. The normalized spacial score (nSPS) is 15.6. The Morgan fingerprint density at radius 3 is 2.90 bits per heavy atom. The molecule has 1 aromatic heterocycles. The zero-order valence-corrected chi connectivity index (χ0v) is 18.0. The fourth-order valence-corrected chi connectivity index (χ4v) is 4.33. The first-order valence-electron chi connectivity index (χ1n) is 10.3. The Hall–Kier alpha value is -1.95. The second-order valence-electron chi connectivity index (χ2n) is 7.56. The van der Waals surface area contributed by atoms with Crippen molar-refractivity contribution in [3.8, 4) is 0 Å². The molecule has 1 aliphatic heterocycles. The maximum Gasteiger partial charge on any atom is 0.0825 e. The molecule has 1 aliphatic rings. The third-order valence-electron chi connectivity index (χ3n) is 5.53. The Labute approximate surface area is 182 Å². The number of H-pyrrole nitrogens is 1. The molecule has 0 bridgehead atoms. The number of unbranched alkanes of at least 4 members (excludes halogenated alkanes) is 1. The van der Waals surface area contributed by atoms with Crippen molar-refractivity contribution in [2.24, 2.45) is 0 Å². The molecule has 0 aliphatic carbocycles. The zero-order valence-electron chi connectivity index (χ0n) is 16.5. The van der Waals surface area contributed by atoms with Crippen molar-refractivity contribution in [3.05, 3.63) is 52.6 Å². The van der Waals surface area contributed by atoms with Crippen molar-refractivity contribution in [1.29, 1.82) is 0 Å². The fraction of sp³-hybridized carbons (Fsp3) is 0.409. The first-order chi connectivity index (χ1) is 14.2. The lowest BCUT2D eigenvalue weighted by Gasteiger charge is -2.25. The van der Waals surface area contributed by atoms with Crippen LogP contribution in [0.25, 0.3) is 10.9 Å². The number of fused-ring (bicyclic) bond motifs is 1. The van der Waals surface area contributed by atoms with Crippen LogP contribution in [0.15, 0.2) is 42.6 Å². The van der Waals surface area contributed by atoms with Gasteiger partial charge >= 0.3 is 0 Å². The molecule has 5 nitrogen and oxygen atoms in total. The Balaban J connectivity index is 1.19. The number of aromatic nitrogens is 2. The van der Waals surface area contributed by atoms with Gasteiger partial charge in [0.25, 0.3) is 0 Å². The van der Waals surface area contributed by atoms with E-state index >= 15 is 0 Å². The molecular weight excluding hydrogens is 405 g/mol. The molecule has 2 heterocycles. The number of halogens is 2. The Morgan fingerprint density at radius 2 is 1.97 bits per heavy atom. The van der Waals surface area contributed by atoms with Crippen molar-refractivity contribution in [3.63, 3.8) is 0 Å². The predicted octanol–water partition coefficient (Wildman–Crippen LogP) is 5.27. The highest BCUT2D eigenvalue weighted by Crippen LogP contribution is 2.32. The molecule has 0 spiro atoms. The van der Waals surface area contributed by atoms with Crippen LogP contribution in [-0.4, -0.2) is 54.4 Å². The van der Waals surface area contributed by atoms with Crippen LogP contribution in [0.1, 0.15) is 19.3 Å². The van der Waals surface area contributed by atoms with E-state index in [1.54, 1.807) is 0 Å². The Morgan fingerprint density at radius 1 is 1.03 bits per heavy atom. The van der Waals surface area contributed by atoms with Gasteiger partial charge in [0.05, 0.1) is 27.4 Å². The quantitative estimate of drug-likeness (QED) is 0.499. The number of rotatable bonds is 7. The minimum atomic E-state index is 0.629. The number of aromatic amines is 1. The lowest BCUT2D eigenvalue weighted by atomic mass is 10.2. The van der Waals surface area contributed by atoms with E-state index in [-0.39, 0.29) is 0 Å². The van der Waals surface area contributed by atoms with Crippen LogP contribution >= 0.6 is 23.2 Å². The monoisotopic (exact) mass is 431 g/mol. The van der Waals surface area contributed by atoms with Crippen molar-refractivity contribution >= 4 is 45.5 Å². The van der Waals surface area contributed by atoms with Gasteiger partial charge in [-0.25, -0.2) is 0 Å². The summed E-state index contributed by atoms with van der Waals surface area (Å²) in [5, 5.41) is 13.0. The lowest BCUT2D eigenvalue weighted by molar-refractivity contribution is 0.288. The molecule has 29 heavy (non-hydrogen) atoms. The number of benzene rings is 2. The maximum atomic E-state index is 6.41. The largest absolute Gasteiger partial charge is 0.385 e. The lowest BCUT2D eigenvalue weighted by Crippen LogP contribution is -2.31. The Bertz CT molecular complexity index is 942. The third kappa shape index (κ3) is 5.16. The summed E-state index contributed by atoms with van der Waals surface area (Å²) in [6.07, 6.45) is 5.34. The van der Waals surface area contributed by atoms with Gasteiger partial charge < -0.3 is 15.1 Å². The number of anilines is 2. The second-order valence-corrected chi connectivity index (χ2v) is 8.35. The molecule has 4 rings (SSSR count). The summed E-state index contributed by atoms with van der Waals surface area (Å²) in [6.45, 7) is 6.33. The highest BCUT2D eigenvalue weighted by atomic mass is 35.5. The zero-order chi connectivity index (χ0) is 20.1. The molecule has 2 aromatic carbocycles. The molecule has 0 radical (unpaired) electrons. The van der Waals surface area contributed by atoms with E-state index in [0.717, 1.165) is 74.4 Å². The van der Waals surface area contributed by atoms with Crippen LogP contribution in [-0.2, 0) is 0 Å². The van der Waals surface area contributed by atoms with Gasteiger partial charge in [-0.2, -0.15) is 5.10 Å². The maximum absolute atomic E-state index is 6.41. The number of hydrogen-bond acceptors (Lipinski definition) is 4. The van der Waals surface area contributed by atoms with Crippen molar-refractivity contribution in [2.45, 2.75) is 19.3 Å². The molecule has 0 amide bonds. The second kappa shape index (κ2) is 9.70. The molecule has 2 N–H and O–H groups in total. The summed E-state index contributed by atoms with van der Waals surface area (Å²) in [6, 6.07) is 12.2. The van der Waals surface area contributed by atoms with Gasteiger partial charge in [-0.3, -0.25) is 5.10 Å². The van der Waals surface area contributed by atoms with E-state index in [1.807, 2.05) is 18.3 Å². The number of hydrogen-bond donors (Lipinski definition) is 2. The molecule has 3 aromatic rings. The van der Waals surface area contributed by atoms with Gasteiger partial charge in [-0.05, 0) is 62.7 Å². The predicted molar refractivity (Wildman–Crippen MR) is 124 cm³/mol. The molecule has 7 heteroatoms. The first-order valence-corrected chi connectivity index (χ1v) is 11.0. The van der Waals surface area contributed by atoms with Crippen LogP contribution < -0.4 is 10.2 Å². The molecule has 154 valence electrons. The number of nitrogens with one attached hydrogen (secondary N) is 2. The minimum Gasteiger partial charge on any atom is -0.385 e. The van der Waals surface area contributed by atoms with Crippen molar-refractivity contribution < 1.29 is 0 Å². The average molecular weight is 432 g/mol. The number of nitrogens with zero attached hydrogens (tertiary/aromatic N) is 3. The van der Waals surface area contributed by atoms with E-state index in [4.69, 9.17) is 23.2 Å². The molecular formula is C22H27Cl2N5. The SMILES string of the molecule is Clc1cccc(N2CCCN(CCCCNc3ccc4cn[nH]c4c3)CC2)c1Cl. The summed E-state index contributed by atoms with van der Waals surface area (Å²) >= 11 is 12.6. The smallest absolute Gasteiger partial charge is 0.0825 e. The topological polar surface area (TPSA) is 47.2 Å². The van der Waals surface area contributed by atoms with Gasteiger partial charge in [0, 0.05) is 37.3 Å². The molecule has 0 saturated carbocycles. The molecule has 0 atom stereocenters. The first kappa shape index (κ1) is 20.3. The summed E-state index contributed by atoms with van der Waals surface area (Å²) in [7, 11) is 0. The molecule has 1 fully saturated rings. The van der Waals surface area contributed by atoms with Gasteiger partial charge in [0.15, 0.2) is 0 Å². The van der Waals surface area contributed by atoms with Crippen LogP contribution in [0, 0.1) is 0 Å². The van der Waals surface area contributed by atoms with E-state index in [9.17, 15) is 0 Å². The fourth-order valence-electron chi connectivity index (χ4n) is 3.91. The summed E-state index contributed by atoms with van der Waals surface area (Å²) in [5.41, 5.74) is 3.27. The molecule has 0 unspecified atom stereocenters. The van der Waals surface area contributed by atoms with E-state index in [0.29, 0.717) is 10.0 Å². The molecule has 1 saturated heterocycles. The van der Waals surface area contributed by atoms with Crippen molar-refractivity contribution in [2.75, 3.05) is 49.5 Å². The van der Waals surface area contributed by atoms with Gasteiger partial charge in [-0.15, -0.1) is 0 Å².